The van der Waals surface area contributed by atoms with Gasteiger partial charge in [-0.1, -0.05) is 11.6 Å². The van der Waals surface area contributed by atoms with Gasteiger partial charge in [0.15, 0.2) is 0 Å². The lowest BCUT2D eigenvalue weighted by Crippen LogP contribution is -2.30. The number of hydrogen-bond donors (Lipinski definition) is 2. The van der Waals surface area contributed by atoms with E-state index < -0.39 is 23.9 Å². The number of β-amino-alcohol motifs (C(OH)–C–C–N with tert-alkyl or cyclic N) is 2. The lowest BCUT2D eigenvalue weighted by molar-refractivity contribution is 0.0572. The zero-order chi connectivity index (χ0) is 12.6. The maximum Gasteiger partial charge on any atom is 0.257 e. The van der Waals surface area contributed by atoms with E-state index in [4.69, 9.17) is 0 Å². The molecule has 1 heterocycles. The summed E-state index contributed by atoms with van der Waals surface area (Å²) in [6, 6.07) is 4.29. The van der Waals surface area contributed by atoms with Crippen LogP contribution in [0.3, 0.4) is 0 Å². The third kappa shape index (κ3) is 2.30. The van der Waals surface area contributed by atoms with E-state index in [0.717, 1.165) is 5.56 Å². The molecule has 1 aromatic carbocycles. The minimum atomic E-state index is -0.952. The quantitative estimate of drug-likeness (QED) is 0.741. The van der Waals surface area contributed by atoms with Gasteiger partial charge in [-0.25, -0.2) is 4.39 Å². The molecule has 1 aromatic rings. The average molecular weight is 239 g/mol. The molecule has 1 saturated heterocycles. The van der Waals surface area contributed by atoms with Crippen LogP contribution in [-0.2, 0) is 0 Å². The van der Waals surface area contributed by atoms with Crippen molar-refractivity contribution in [3.63, 3.8) is 0 Å². The Morgan fingerprint density at radius 2 is 1.94 bits per heavy atom. The molecule has 1 aliphatic rings. The summed E-state index contributed by atoms with van der Waals surface area (Å²) in [6.07, 6.45) is -1.90. The minimum absolute atomic E-state index is 0.0219. The Bertz CT molecular complexity index is 439. The van der Waals surface area contributed by atoms with E-state index in [-0.39, 0.29) is 18.7 Å². The van der Waals surface area contributed by atoms with Crippen molar-refractivity contribution in [3.8, 4) is 0 Å². The zero-order valence-electron chi connectivity index (χ0n) is 9.43. The van der Waals surface area contributed by atoms with Gasteiger partial charge in [0.1, 0.15) is 5.82 Å². The van der Waals surface area contributed by atoms with Crippen LogP contribution < -0.4 is 0 Å². The van der Waals surface area contributed by atoms with Crippen molar-refractivity contribution in [3.05, 3.63) is 35.1 Å². The molecule has 5 heteroatoms. The van der Waals surface area contributed by atoms with Gasteiger partial charge in [0.2, 0.25) is 0 Å². The number of rotatable bonds is 1. The van der Waals surface area contributed by atoms with Gasteiger partial charge >= 0.3 is 0 Å². The number of nitrogens with zero attached hydrogens (tertiary/aromatic N) is 1. The summed E-state index contributed by atoms with van der Waals surface area (Å²) in [7, 11) is 0. The van der Waals surface area contributed by atoms with Crippen molar-refractivity contribution in [1.29, 1.82) is 0 Å². The highest BCUT2D eigenvalue weighted by molar-refractivity contribution is 5.95. The molecule has 2 atom stereocenters. The van der Waals surface area contributed by atoms with E-state index in [1.165, 1.54) is 17.0 Å². The predicted molar refractivity (Wildman–Crippen MR) is 59.1 cm³/mol. The molecule has 1 aliphatic heterocycles. The van der Waals surface area contributed by atoms with Gasteiger partial charge in [-0.3, -0.25) is 4.79 Å². The summed E-state index contributed by atoms with van der Waals surface area (Å²) >= 11 is 0. The van der Waals surface area contributed by atoms with Gasteiger partial charge in [0.25, 0.3) is 5.91 Å². The second kappa shape index (κ2) is 4.43. The van der Waals surface area contributed by atoms with Gasteiger partial charge in [-0.05, 0) is 19.1 Å². The Labute approximate surface area is 98.3 Å². The van der Waals surface area contributed by atoms with E-state index in [0.29, 0.717) is 0 Å². The van der Waals surface area contributed by atoms with Crippen LogP contribution in [0.4, 0.5) is 4.39 Å². The summed E-state index contributed by atoms with van der Waals surface area (Å²) in [5.41, 5.74) is 0.765. The second-order valence-electron chi connectivity index (χ2n) is 4.33. The molecule has 17 heavy (non-hydrogen) atoms. The summed E-state index contributed by atoms with van der Waals surface area (Å²) in [5, 5.41) is 18.7. The van der Waals surface area contributed by atoms with Crippen LogP contribution in [0.2, 0.25) is 0 Å². The predicted octanol–water partition coefficient (Wildman–Crippen LogP) is 0.312. The van der Waals surface area contributed by atoms with Crippen molar-refractivity contribution >= 4 is 5.91 Å². The topological polar surface area (TPSA) is 60.8 Å². The third-order valence-electron chi connectivity index (χ3n) is 2.90. The van der Waals surface area contributed by atoms with Crippen LogP contribution in [0, 0.1) is 12.7 Å². The van der Waals surface area contributed by atoms with Gasteiger partial charge in [-0.2, -0.15) is 0 Å². The van der Waals surface area contributed by atoms with Crippen LogP contribution in [0.15, 0.2) is 18.2 Å². The number of aryl methyl sites for hydroxylation is 1. The molecular formula is C12H14FNO3. The molecule has 1 fully saturated rings. The molecule has 2 N–H and O–H groups in total. The van der Waals surface area contributed by atoms with Crippen molar-refractivity contribution in [1.82, 2.24) is 4.90 Å². The number of amides is 1. The SMILES string of the molecule is Cc1ccc(F)c(C(=O)N2CC(O)C(O)C2)c1. The van der Waals surface area contributed by atoms with Gasteiger partial charge in [-0.15, -0.1) is 0 Å². The Balaban J connectivity index is 2.23. The first-order valence-electron chi connectivity index (χ1n) is 5.40. The highest BCUT2D eigenvalue weighted by Crippen LogP contribution is 2.17. The number of hydrogen-bond acceptors (Lipinski definition) is 3. The Hall–Kier alpha value is -1.46. The number of aliphatic hydroxyl groups excluding tert-OH is 2. The first-order chi connectivity index (χ1) is 7.99. The maximum atomic E-state index is 13.5. The first-order valence-corrected chi connectivity index (χ1v) is 5.40. The van der Waals surface area contributed by atoms with Crippen molar-refractivity contribution in [2.75, 3.05) is 13.1 Å². The standard InChI is InChI=1S/C12H14FNO3/c1-7-2-3-9(13)8(4-7)12(17)14-5-10(15)11(16)6-14/h2-4,10-11,15-16H,5-6H2,1H3. The highest BCUT2D eigenvalue weighted by atomic mass is 19.1. The van der Waals surface area contributed by atoms with Crippen LogP contribution >= 0.6 is 0 Å². The van der Waals surface area contributed by atoms with Crippen LogP contribution in [-0.4, -0.2) is 46.3 Å². The molecule has 0 bridgehead atoms. The van der Waals surface area contributed by atoms with Crippen LogP contribution in [0.5, 0.6) is 0 Å². The van der Waals surface area contributed by atoms with Crippen LogP contribution in [0.1, 0.15) is 15.9 Å². The van der Waals surface area contributed by atoms with Gasteiger partial charge in [0, 0.05) is 13.1 Å². The van der Waals surface area contributed by atoms with E-state index in [1.807, 2.05) is 0 Å². The number of benzene rings is 1. The molecular weight excluding hydrogens is 225 g/mol. The molecule has 0 radical (unpaired) electrons. The second-order valence-corrected chi connectivity index (χ2v) is 4.33. The lowest BCUT2D eigenvalue weighted by Gasteiger charge is -2.16. The normalized spacial score (nSPS) is 24.1. The fourth-order valence-electron chi connectivity index (χ4n) is 1.91. The fourth-order valence-corrected chi connectivity index (χ4v) is 1.91. The highest BCUT2D eigenvalue weighted by Gasteiger charge is 2.33. The fraction of sp³-hybridized carbons (Fsp3) is 0.417. The van der Waals surface area contributed by atoms with Crippen molar-refractivity contribution in [2.24, 2.45) is 0 Å². The molecule has 0 saturated carbocycles. The van der Waals surface area contributed by atoms with Gasteiger partial charge in [0.05, 0.1) is 17.8 Å². The molecule has 92 valence electrons. The third-order valence-corrected chi connectivity index (χ3v) is 2.90. The van der Waals surface area contributed by atoms with E-state index >= 15 is 0 Å². The van der Waals surface area contributed by atoms with E-state index in [9.17, 15) is 19.4 Å². The van der Waals surface area contributed by atoms with E-state index in [2.05, 4.69) is 0 Å². The number of carbonyl (C=O) groups is 1. The monoisotopic (exact) mass is 239 g/mol. The Morgan fingerprint density at radius 1 is 1.35 bits per heavy atom. The summed E-state index contributed by atoms with van der Waals surface area (Å²) in [5.74, 6) is -1.08. The molecule has 2 rings (SSSR count). The van der Waals surface area contributed by atoms with E-state index in [1.54, 1.807) is 13.0 Å². The minimum Gasteiger partial charge on any atom is -0.388 e. The summed E-state index contributed by atoms with van der Waals surface area (Å²) in [4.78, 5) is 13.2. The summed E-state index contributed by atoms with van der Waals surface area (Å²) in [6.45, 7) is 1.84. The maximum absolute atomic E-state index is 13.5. The Morgan fingerprint density at radius 3 is 2.53 bits per heavy atom. The van der Waals surface area contributed by atoms with Crippen LogP contribution in [0.25, 0.3) is 0 Å². The smallest absolute Gasteiger partial charge is 0.257 e. The van der Waals surface area contributed by atoms with Crippen molar-refractivity contribution < 1.29 is 19.4 Å². The first kappa shape index (κ1) is 12.0. The molecule has 0 spiro atoms. The lowest BCUT2D eigenvalue weighted by atomic mass is 10.1. The molecule has 2 unspecified atom stereocenters. The van der Waals surface area contributed by atoms with Crippen molar-refractivity contribution in [2.45, 2.75) is 19.1 Å². The number of likely N-dealkylation sites (tertiary alicyclic amines) is 1. The molecule has 0 aromatic heterocycles. The molecule has 4 nitrogen and oxygen atoms in total. The molecule has 1 amide bonds. The number of halogens is 1. The molecule has 0 aliphatic carbocycles. The Kier molecular flexibility index (Phi) is 3.13. The average Bonchev–Trinajstić information content (AvgIpc) is 2.62. The van der Waals surface area contributed by atoms with Gasteiger partial charge < -0.3 is 15.1 Å². The zero-order valence-corrected chi connectivity index (χ0v) is 9.43. The number of carbonyl (C=O) groups excluding carboxylic acids is 1. The summed E-state index contributed by atoms with van der Waals surface area (Å²) < 4.78 is 13.5. The number of aliphatic hydroxyl groups is 2. The largest absolute Gasteiger partial charge is 0.388 e.